The van der Waals surface area contributed by atoms with Crippen molar-refractivity contribution < 1.29 is 14.3 Å². The summed E-state index contributed by atoms with van der Waals surface area (Å²) in [5.41, 5.74) is 2.66. The van der Waals surface area contributed by atoms with Gasteiger partial charge in [0.25, 0.3) is 0 Å². The molecule has 23 heavy (non-hydrogen) atoms. The van der Waals surface area contributed by atoms with Crippen molar-refractivity contribution in [2.75, 3.05) is 11.9 Å². The molecule has 7 heteroatoms. The van der Waals surface area contributed by atoms with Gasteiger partial charge in [0.1, 0.15) is 5.82 Å². The number of aromatic amines is 1. The smallest absolute Gasteiger partial charge is 0.340 e. The predicted octanol–water partition coefficient (Wildman–Crippen LogP) is 2.52. The molecule has 0 atom stereocenters. The van der Waals surface area contributed by atoms with Gasteiger partial charge in [-0.3, -0.25) is 10.3 Å². The highest BCUT2D eigenvalue weighted by molar-refractivity contribution is 5.97. The van der Waals surface area contributed by atoms with Crippen molar-refractivity contribution in [3.05, 3.63) is 46.9 Å². The second-order valence-electron chi connectivity index (χ2n) is 5.01. The van der Waals surface area contributed by atoms with Crippen LogP contribution < -0.4 is 10.6 Å². The fourth-order valence-corrected chi connectivity index (χ4v) is 2.23. The predicted molar refractivity (Wildman–Crippen MR) is 86.3 cm³/mol. The zero-order valence-electron chi connectivity index (χ0n) is 13.4. The average Bonchev–Trinajstić information content (AvgIpc) is 2.80. The van der Waals surface area contributed by atoms with E-state index in [0.717, 1.165) is 5.56 Å². The molecule has 3 N–H and O–H groups in total. The van der Waals surface area contributed by atoms with Gasteiger partial charge >= 0.3 is 12.0 Å². The number of amides is 2. The number of anilines is 1. The van der Waals surface area contributed by atoms with Crippen molar-refractivity contribution in [3.8, 4) is 0 Å². The molecule has 7 nitrogen and oxygen atoms in total. The largest absolute Gasteiger partial charge is 0.462 e. The molecule has 0 fully saturated rings. The van der Waals surface area contributed by atoms with Crippen molar-refractivity contribution in [3.63, 3.8) is 0 Å². The molecule has 122 valence electrons. The van der Waals surface area contributed by atoms with E-state index in [1.54, 1.807) is 39.2 Å². The SMILES string of the molecule is CCOC(=O)c1c(C)[nH]c(NC(=O)NCc2cccnc2)c1C. The van der Waals surface area contributed by atoms with Crippen LogP contribution in [0.2, 0.25) is 0 Å². The van der Waals surface area contributed by atoms with Crippen LogP contribution in [0.25, 0.3) is 0 Å². The first-order valence-electron chi connectivity index (χ1n) is 7.33. The van der Waals surface area contributed by atoms with E-state index in [0.29, 0.717) is 35.8 Å². The zero-order chi connectivity index (χ0) is 16.8. The van der Waals surface area contributed by atoms with E-state index in [1.807, 2.05) is 6.07 Å². The summed E-state index contributed by atoms with van der Waals surface area (Å²) in [6.45, 7) is 5.94. The molecule has 0 aliphatic rings. The molecule has 0 saturated heterocycles. The van der Waals surface area contributed by atoms with Crippen LogP contribution in [-0.2, 0) is 11.3 Å². The Hall–Kier alpha value is -2.83. The number of ether oxygens (including phenoxy) is 1. The number of hydrogen-bond donors (Lipinski definition) is 3. The summed E-state index contributed by atoms with van der Waals surface area (Å²) in [5.74, 6) is 0.0804. The number of carbonyl (C=O) groups excluding carboxylic acids is 2. The Morgan fingerprint density at radius 2 is 2.13 bits per heavy atom. The Kier molecular flexibility index (Phi) is 5.35. The van der Waals surface area contributed by atoms with Crippen LogP contribution in [0.5, 0.6) is 0 Å². The fraction of sp³-hybridized carbons (Fsp3) is 0.312. The van der Waals surface area contributed by atoms with Gasteiger partial charge in [0, 0.05) is 30.2 Å². The summed E-state index contributed by atoms with van der Waals surface area (Å²) in [6.07, 6.45) is 3.36. The first kappa shape index (κ1) is 16.5. The standard InChI is InChI=1S/C16H20N4O3/c1-4-23-15(21)13-10(2)14(19-11(13)3)20-16(22)18-9-12-6-5-7-17-8-12/h5-8,19H,4,9H2,1-3H3,(H2,18,20,22). The maximum atomic E-state index is 12.0. The summed E-state index contributed by atoms with van der Waals surface area (Å²) < 4.78 is 5.02. The first-order chi connectivity index (χ1) is 11.0. The van der Waals surface area contributed by atoms with Crippen molar-refractivity contribution in [2.24, 2.45) is 0 Å². The van der Waals surface area contributed by atoms with Crippen LogP contribution in [-0.4, -0.2) is 28.6 Å². The molecule has 0 bridgehead atoms. The number of esters is 1. The summed E-state index contributed by atoms with van der Waals surface area (Å²) in [4.78, 5) is 30.9. The molecule has 0 aliphatic carbocycles. The molecule has 0 aromatic carbocycles. The Bertz CT molecular complexity index is 695. The summed E-state index contributed by atoms with van der Waals surface area (Å²) >= 11 is 0. The highest BCUT2D eigenvalue weighted by atomic mass is 16.5. The summed E-state index contributed by atoms with van der Waals surface area (Å²) in [5, 5.41) is 5.44. The molecule has 2 amide bonds. The van der Waals surface area contributed by atoms with Gasteiger partial charge in [-0.1, -0.05) is 6.07 Å². The molecule has 0 aliphatic heterocycles. The minimum absolute atomic E-state index is 0.303. The van der Waals surface area contributed by atoms with Gasteiger partial charge in [-0.2, -0.15) is 0 Å². The van der Waals surface area contributed by atoms with Gasteiger partial charge in [-0.25, -0.2) is 9.59 Å². The van der Waals surface area contributed by atoms with E-state index in [-0.39, 0.29) is 6.03 Å². The number of nitrogens with zero attached hydrogens (tertiary/aromatic N) is 1. The highest BCUT2D eigenvalue weighted by Gasteiger charge is 2.20. The minimum atomic E-state index is -0.400. The zero-order valence-corrected chi connectivity index (χ0v) is 13.4. The van der Waals surface area contributed by atoms with Crippen LogP contribution >= 0.6 is 0 Å². The lowest BCUT2D eigenvalue weighted by Crippen LogP contribution is -2.28. The molecule has 0 saturated carbocycles. The van der Waals surface area contributed by atoms with Crippen LogP contribution in [0.3, 0.4) is 0 Å². The lowest BCUT2D eigenvalue weighted by atomic mass is 10.1. The number of aryl methyl sites for hydroxylation is 1. The number of rotatable bonds is 5. The van der Waals surface area contributed by atoms with E-state index >= 15 is 0 Å². The molecule has 2 rings (SSSR count). The second-order valence-corrected chi connectivity index (χ2v) is 5.01. The quantitative estimate of drug-likeness (QED) is 0.739. The number of carbonyl (C=O) groups is 2. The van der Waals surface area contributed by atoms with Gasteiger partial charge in [-0.05, 0) is 32.4 Å². The molecule has 2 aromatic rings. The van der Waals surface area contributed by atoms with Crippen molar-refractivity contribution in [2.45, 2.75) is 27.3 Å². The lowest BCUT2D eigenvalue weighted by Gasteiger charge is -2.07. The molecule has 2 heterocycles. The monoisotopic (exact) mass is 316 g/mol. The van der Waals surface area contributed by atoms with Gasteiger partial charge in [0.2, 0.25) is 0 Å². The molecule has 0 radical (unpaired) electrons. The highest BCUT2D eigenvalue weighted by Crippen LogP contribution is 2.22. The molecule has 0 spiro atoms. The Morgan fingerprint density at radius 3 is 2.78 bits per heavy atom. The van der Waals surface area contributed by atoms with Crippen LogP contribution in [0.15, 0.2) is 24.5 Å². The van der Waals surface area contributed by atoms with Crippen LogP contribution in [0.4, 0.5) is 10.6 Å². The third-order valence-electron chi connectivity index (χ3n) is 3.33. The van der Waals surface area contributed by atoms with Gasteiger partial charge in [-0.15, -0.1) is 0 Å². The molecular weight excluding hydrogens is 296 g/mol. The van der Waals surface area contributed by atoms with E-state index in [2.05, 4.69) is 20.6 Å². The third kappa shape index (κ3) is 4.09. The number of hydrogen-bond acceptors (Lipinski definition) is 4. The van der Waals surface area contributed by atoms with E-state index in [1.165, 1.54) is 0 Å². The van der Waals surface area contributed by atoms with E-state index in [4.69, 9.17) is 4.74 Å². The van der Waals surface area contributed by atoms with Gasteiger partial charge in [0.05, 0.1) is 12.2 Å². The lowest BCUT2D eigenvalue weighted by molar-refractivity contribution is 0.0525. The Labute approximate surface area is 134 Å². The Balaban J connectivity index is 2.01. The van der Waals surface area contributed by atoms with Crippen LogP contribution in [0.1, 0.15) is 34.1 Å². The number of H-pyrrole nitrogens is 1. The molecular formula is C16H20N4O3. The Morgan fingerprint density at radius 1 is 1.35 bits per heavy atom. The fourth-order valence-electron chi connectivity index (χ4n) is 2.23. The van der Waals surface area contributed by atoms with E-state index < -0.39 is 5.97 Å². The minimum Gasteiger partial charge on any atom is -0.462 e. The summed E-state index contributed by atoms with van der Waals surface area (Å²) in [6, 6.07) is 3.31. The number of urea groups is 1. The maximum Gasteiger partial charge on any atom is 0.340 e. The average molecular weight is 316 g/mol. The summed E-state index contributed by atoms with van der Waals surface area (Å²) in [7, 11) is 0. The van der Waals surface area contributed by atoms with Crippen LogP contribution in [0, 0.1) is 13.8 Å². The number of aromatic nitrogens is 2. The normalized spacial score (nSPS) is 10.2. The van der Waals surface area contributed by atoms with E-state index in [9.17, 15) is 9.59 Å². The second kappa shape index (κ2) is 7.44. The van der Waals surface area contributed by atoms with Crippen molar-refractivity contribution in [1.82, 2.24) is 15.3 Å². The molecule has 2 aromatic heterocycles. The van der Waals surface area contributed by atoms with Gasteiger partial charge < -0.3 is 15.0 Å². The number of pyridine rings is 1. The number of nitrogens with one attached hydrogen (secondary N) is 3. The van der Waals surface area contributed by atoms with Gasteiger partial charge in [0.15, 0.2) is 0 Å². The topological polar surface area (TPSA) is 96.1 Å². The third-order valence-corrected chi connectivity index (χ3v) is 3.33. The van der Waals surface area contributed by atoms with Crippen molar-refractivity contribution in [1.29, 1.82) is 0 Å². The van der Waals surface area contributed by atoms with Crippen molar-refractivity contribution >= 4 is 17.8 Å². The molecule has 0 unspecified atom stereocenters. The first-order valence-corrected chi connectivity index (χ1v) is 7.33. The maximum absolute atomic E-state index is 12.0.